The molecule has 0 aliphatic carbocycles. The van der Waals surface area contributed by atoms with Crippen molar-refractivity contribution in [3.05, 3.63) is 28.8 Å². The highest BCUT2D eigenvalue weighted by molar-refractivity contribution is 9.08. The molecule has 0 heterocycles. The van der Waals surface area contributed by atoms with Crippen molar-refractivity contribution < 1.29 is 18.3 Å². The Morgan fingerprint density at radius 3 is 2.68 bits per heavy atom. The molecule has 0 bridgehead atoms. The minimum Gasteiger partial charge on any atom is -0.465 e. The van der Waals surface area contributed by atoms with Gasteiger partial charge in [-0.05, 0) is 36.6 Å². The van der Waals surface area contributed by atoms with Crippen LogP contribution in [-0.2, 0) is 15.4 Å². The normalized spacial score (nSPS) is 11.6. The molecule has 124 valence electrons. The van der Waals surface area contributed by atoms with Crippen LogP contribution in [0.2, 0.25) is 5.02 Å². The van der Waals surface area contributed by atoms with Crippen LogP contribution in [0.25, 0.3) is 0 Å². The number of nitrogens with zero attached hydrogens (tertiary/aromatic N) is 1. The zero-order valence-electron chi connectivity index (χ0n) is 12.1. The molecular weight excluding hydrogens is 396 g/mol. The molecule has 0 atom stereocenters. The minimum atomic E-state index is -3.57. The maximum absolute atomic E-state index is 12.4. The highest BCUT2D eigenvalue weighted by Gasteiger charge is 2.21. The molecule has 1 aromatic carbocycles. The summed E-state index contributed by atoms with van der Waals surface area (Å²) in [5.41, 5.74) is 0.710. The van der Waals surface area contributed by atoms with E-state index in [0.29, 0.717) is 41.8 Å². The van der Waals surface area contributed by atoms with Crippen molar-refractivity contribution in [2.24, 2.45) is 0 Å². The molecule has 0 aliphatic heterocycles. The van der Waals surface area contributed by atoms with Crippen LogP contribution in [0, 0.1) is 0 Å². The molecule has 0 aliphatic rings. The van der Waals surface area contributed by atoms with Crippen LogP contribution in [0.15, 0.2) is 23.1 Å². The van der Waals surface area contributed by atoms with E-state index >= 15 is 0 Å². The molecule has 1 aromatic rings. The Bertz CT molecular complexity index is 624. The van der Waals surface area contributed by atoms with Gasteiger partial charge in [-0.15, -0.1) is 0 Å². The number of carbonyl (C=O) groups is 1. The number of hydrogen-bond acceptors (Lipinski definition) is 3. The summed E-state index contributed by atoms with van der Waals surface area (Å²) < 4.78 is 26.1. The third-order valence-corrected chi connectivity index (χ3v) is 5.87. The van der Waals surface area contributed by atoms with E-state index in [9.17, 15) is 13.2 Å². The van der Waals surface area contributed by atoms with Crippen molar-refractivity contribution in [3.63, 3.8) is 0 Å². The molecule has 0 spiro atoms. The van der Waals surface area contributed by atoms with E-state index in [1.807, 2.05) is 0 Å². The lowest BCUT2D eigenvalue weighted by atomic mass is 10.2. The molecule has 0 unspecified atom stereocenters. The number of nitrogens with one attached hydrogen (secondary N) is 1. The number of rotatable bonds is 8. The van der Waals surface area contributed by atoms with Crippen LogP contribution in [0.3, 0.4) is 0 Å². The fraction of sp³-hybridized carbons (Fsp3) is 0.462. The van der Waals surface area contributed by atoms with Crippen LogP contribution < -0.4 is 5.32 Å². The van der Waals surface area contributed by atoms with Crippen LogP contribution in [0.5, 0.6) is 0 Å². The van der Waals surface area contributed by atoms with E-state index in [0.717, 1.165) is 0 Å². The molecule has 0 fully saturated rings. The van der Waals surface area contributed by atoms with Crippen LogP contribution in [0.1, 0.15) is 18.4 Å². The standard InChI is InChI=1S/C13H18BrClN2O4S/c1-17(7-3-2-6-16-13(18)19)22(20,21)11-4-5-12(15)10(8-11)9-14/h4-5,8,16H,2-3,6-7,9H2,1H3,(H,18,19). The summed E-state index contributed by atoms with van der Waals surface area (Å²) >= 11 is 9.25. The number of carboxylic acid groups (broad SMARTS) is 1. The summed E-state index contributed by atoms with van der Waals surface area (Å²) in [6.07, 6.45) is 0.0540. The van der Waals surface area contributed by atoms with Gasteiger partial charge in [-0.25, -0.2) is 17.5 Å². The van der Waals surface area contributed by atoms with Crippen LogP contribution in [-0.4, -0.2) is 44.1 Å². The Balaban J connectivity index is 2.67. The zero-order chi connectivity index (χ0) is 16.8. The fourth-order valence-electron chi connectivity index (χ4n) is 1.77. The van der Waals surface area contributed by atoms with Gasteiger partial charge in [-0.3, -0.25) is 0 Å². The first-order chi connectivity index (χ1) is 10.3. The molecule has 1 amide bonds. The lowest BCUT2D eigenvalue weighted by molar-refractivity contribution is 0.194. The number of benzene rings is 1. The van der Waals surface area contributed by atoms with E-state index in [1.54, 1.807) is 12.1 Å². The van der Waals surface area contributed by atoms with Gasteiger partial charge in [0.25, 0.3) is 0 Å². The van der Waals surface area contributed by atoms with Gasteiger partial charge in [0.05, 0.1) is 4.90 Å². The number of halogens is 2. The quantitative estimate of drug-likeness (QED) is 0.507. The zero-order valence-corrected chi connectivity index (χ0v) is 15.2. The fourth-order valence-corrected chi connectivity index (χ4v) is 3.84. The van der Waals surface area contributed by atoms with Crippen molar-refractivity contribution in [1.82, 2.24) is 9.62 Å². The maximum Gasteiger partial charge on any atom is 0.404 e. The first kappa shape index (κ1) is 19.2. The van der Waals surface area contributed by atoms with Crippen molar-refractivity contribution in [2.75, 3.05) is 20.1 Å². The lowest BCUT2D eigenvalue weighted by Gasteiger charge is -2.17. The predicted octanol–water partition coefficient (Wildman–Crippen LogP) is 2.90. The minimum absolute atomic E-state index is 0.192. The number of amides is 1. The third-order valence-electron chi connectivity index (χ3n) is 3.05. The number of hydrogen-bond donors (Lipinski definition) is 2. The van der Waals surface area contributed by atoms with Gasteiger partial charge in [0.15, 0.2) is 0 Å². The van der Waals surface area contributed by atoms with Crippen molar-refractivity contribution in [3.8, 4) is 0 Å². The van der Waals surface area contributed by atoms with Gasteiger partial charge in [-0.1, -0.05) is 27.5 Å². The Labute approximate surface area is 143 Å². The molecule has 0 saturated carbocycles. The highest BCUT2D eigenvalue weighted by Crippen LogP contribution is 2.24. The molecule has 0 aromatic heterocycles. The molecule has 1 rings (SSSR count). The molecule has 0 saturated heterocycles. The summed E-state index contributed by atoms with van der Waals surface area (Å²) in [6.45, 7) is 0.619. The molecule has 0 radical (unpaired) electrons. The van der Waals surface area contributed by atoms with Gasteiger partial charge in [0, 0.05) is 30.5 Å². The average molecular weight is 414 g/mol. The smallest absolute Gasteiger partial charge is 0.404 e. The van der Waals surface area contributed by atoms with E-state index in [-0.39, 0.29) is 4.90 Å². The average Bonchev–Trinajstić information content (AvgIpc) is 2.46. The number of sulfonamides is 1. The predicted molar refractivity (Wildman–Crippen MR) is 89.2 cm³/mol. The summed E-state index contributed by atoms with van der Waals surface area (Å²) in [5, 5.41) is 11.7. The first-order valence-electron chi connectivity index (χ1n) is 6.56. The van der Waals surface area contributed by atoms with E-state index in [1.165, 1.54) is 17.4 Å². The summed E-state index contributed by atoms with van der Waals surface area (Å²) in [5.74, 6) is 0. The molecule has 22 heavy (non-hydrogen) atoms. The van der Waals surface area contributed by atoms with Gasteiger partial charge >= 0.3 is 6.09 Å². The second-order valence-electron chi connectivity index (χ2n) is 4.65. The summed E-state index contributed by atoms with van der Waals surface area (Å²) in [4.78, 5) is 10.5. The summed E-state index contributed by atoms with van der Waals surface area (Å²) in [7, 11) is -2.07. The molecular formula is C13H18BrClN2O4S. The van der Waals surface area contributed by atoms with E-state index < -0.39 is 16.1 Å². The van der Waals surface area contributed by atoms with Crippen LogP contribution >= 0.6 is 27.5 Å². The topological polar surface area (TPSA) is 86.7 Å². The van der Waals surface area contributed by atoms with Gasteiger partial charge in [-0.2, -0.15) is 0 Å². The van der Waals surface area contributed by atoms with Crippen molar-refractivity contribution in [2.45, 2.75) is 23.1 Å². The van der Waals surface area contributed by atoms with Gasteiger partial charge in [0.1, 0.15) is 0 Å². The van der Waals surface area contributed by atoms with Gasteiger partial charge < -0.3 is 10.4 Å². The van der Waals surface area contributed by atoms with E-state index in [2.05, 4.69) is 21.2 Å². The van der Waals surface area contributed by atoms with Gasteiger partial charge in [0.2, 0.25) is 10.0 Å². The SMILES string of the molecule is CN(CCCCNC(=O)O)S(=O)(=O)c1ccc(Cl)c(CBr)c1. The summed E-state index contributed by atoms with van der Waals surface area (Å²) in [6, 6.07) is 4.59. The molecule has 2 N–H and O–H groups in total. The van der Waals surface area contributed by atoms with E-state index in [4.69, 9.17) is 16.7 Å². The largest absolute Gasteiger partial charge is 0.465 e. The second kappa shape index (κ2) is 8.71. The number of alkyl halides is 1. The second-order valence-corrected chi connectivity index (χ2v) is 7.67. The Morgan fingerprint density at radius 1 is 1.41 bits per heavy atom. The van der Waals surface area contributed by atoms with Crippen LogP contribution in [0.4, 0.5) is 4.79 Å². The third kappa shape index (κ3) is 5.42. The Kier molecular flexibility index (Phi) is 7.61. The Hall–Kier alpha value is -0.830. The first-order valence-corrected chi connectivity index (χ1v) is 9.50. The molecule has 9 heteroatoms. The van der Waals surface area contributed by atoms with Crippen molar-refractivity contribution in [1.29, 1.82) is 0 Å². The maximum atomic E-state index is 12.4. The lowest BCUT2D eigenvalue weighted by Crippen LogP contribution is -2.29. The highest BCUT2D eigenvalue weighted by atomic mass is 79.9. The monoisotopic (exact) mass is 412 g/mol. The number of unbranched alkanes of at least 4 members (excludes halogenated alkanes) is 1. The molecule has 6 nitrogen and oxygen atoms in total. The Morgan fingerprint density at radius 2 is 2.09 bits per heavy atom. The van der Waals surface area contributed by atoms with Crippen molar-refractivity contribution >= 4 is 43.6 Å².